The smallest absolute Gasteiger partial charge is 0.231 e. The van der Waals surface area contributed by atoms with Gasteiger partial charge in [-0.25, -0.2) is 4.68 Å². The average Bonchev–Trinajstić information content (AvgIpc) is 3.45. The van der Waals surface area contributed by atoms with E-state index in [1.807, 2.05) is 58.1 Å². The maximum atomic E-state index is 12.0. The van der Waals surface area contributed by atoms with Gasteiger partial charge in [0.2, 0.25) is 12.7 Å². The van der Waals surface area contributed by atoms with Crippen LogP contribution < -0.4 is 14.8 Å². The van der Waals surface area contributed by atoms with Crippen molar-refractivity contribution < 1.29 is 14.3 Å². The fourth-order valence-electron chi connectivity index (χ4n) is 4.07. The molecule has 0 aliphatic carbocycles. The third-order valence-electron chi connectivity index (χ3n) is 5.75. The summed E-state index contributed by atoms with van der Waals surface area (Å²) in [5.74, 6) is 1.78. The Bertz CT molecular complexity index is 1060. The first-order valence-corrected chi connectivity index (χ1v) is 10.8. The molecule has 1 fully saturated rings. The molecule has 1 saturated heterocycles. The molecule has 0 saturated carbocycles. The van der Waals surface area contributed by atoms with E-state index in [1.54, 1.807) is 0 Å². The van der Waals surface area contributed by atoms with E-state index in [1.165, 1.54) is 0 Å². The van der Waals surface area contributed by atoms with E-state index in [-0.39, 0.29) is 12.7 Å². The van der Waals surface area contributed by atoms with Gasteiger partial charge >= 0.3 is 0 Å². The lowest BCUT2D eigenvalue weighted by atomic mass is 10.1. The number of hydrogen-bond donors (Lipinski definition) is 1. The Hall–Kier alpha value is -3.32. The molecule has 7 heteroatoms. The second-order valence-electron chi connectivity index (χ2n) is 7.87. The van der Waals surface area contributed by atoms with E-state index in [0.717, 1.165) is 66.5 Å². The Kier molecular flexibility index (Phi) is 5.58. The number of para-hydroxylation sites is 1. The van der Waals surface area contributed by atoms with Gasteiger partial charge in [-0.3, -0.25) is 4.79 Å². The quantitative estimate of drug-likeness (QED) is 0.596. The molecule has 1 N–H and O–H groups in total. The number of ether oxygens (including phenoxy) is 2. The van der Waals surface area contributed by atoms with Crippen LogP contribution >= 0.6 is 0 Å². The zero-order chi connectivity index (χ0) is 21.0. The molecule has 0 atom stereocenters. The van der Waals surface area contributed by atoms with E-state index in [9.17, 15) is 4.79 Å². The van der Waals surface area contributed by atoms with Crippen LogP contribution in [0.1, 0.15) is 24.8 Å². The summed E-state index contributed by atoms with van der Waals surface area (Å²) in [6, 6.07) is 16.0. The predicted octanol–water partition coefficient (Wildman–Crippen LogP) is 3.37. The second-order valence-corrected chi connectivity index (χ2v) is 7.87. The van der Waals surface area contributed by atoms with Gasteiger partial charge in [-0.05, 0) is 43.2 Å². The molecule has 0 spiro atoms. The van der Waals surface area contributed by atoms with Crippen LogP contribution in [0, 0.1) is 0 Å². The lowest BCUT2D eigenvalue weighted by Gasteiger charge is -2.26. The number of fused-ring (bicyclic) bond motifs is 1. The van der Waals surface area contributed by atoms with E-state index in [4.69, 9.17) is 14.6 Å². The summed E-state index contributed by atoms with van der Waals surface area (Å²) in [5, 5.41) is 8.37. The number of amides is 1. The molecule has 160 valence electrons. The van der Waals surface area contributed by atoms with Gasteiger partial charge in [0.05, 0.1) is 11.4 Å². The number of rotatable bonds is 7. The summed E-state index contributed by atoms with van der Waals surface area (Å²) in [6.45, 7) is 3.28. The van der Waals surface area contributed by atoms with Gasteiger partial charge in [-0.1, -0.05) is 18.2 Å². The van der Waals surface area contributed by atoms with Gasteiger partial charge in [0, 0.05) is 49.9 Å². The molecule has 1 amide bonds. The first-order valence-electron chi connectivity index (χ1n) is 10.8. The molecular weight excluding hydrogens is 392 g/mol. The Labute approximate surface area is 181 Å². The molecule has 5 rings (SSSR count). The molecule has 2 aliphatic heterocycles. The average molecular weight is 418 g/mol. The summed E-state index contributed by atoms with van der Waals surface area (Å²) in [7, 11) is 0. The van der Waals surface area contributed by atoms with Gasteiger partial charge < -0.3 is 19.7 Å². The van der Waals surface area contributed by atoms with Crippen LogP contribution in [0.25, 0.3) is 16.9 Å². The Morgan fingerprint density at radius 2 is 1.90 bits per heavy atom. The summed E-state index contributed by atoms with van der Waals surface area (Å²) < 4.78 is 12.9. The second kappa shape index (κ2) is 8.81. The number of aromatic nitrogens is 2. The third kappa shape index (κ3) is 4.27. The van der Waals surface area contributed by atoms with Crippen LogP contribution in [0.5, 0.6) is 11.5 Å². The maximum absolute atomic E-state index is 12.0. The molecule has 1 aromatic heterocycles. The third-order valence-corrected chi connectivity index (χ3v) is 5.75. The molecule has 0 radical (unpaired) electrons. The van der Waals surface area contributed by atoms with Crippen molar-refractivity contribution >= 4 is 5.91 Å². The van der Waals surface area contributed by atoms with Gasteiger partial charge in [0.25, 0.3) is 0 Å². The van der Waals surface area contributed by atoms with Crippen molar-refractivity contribution in [2.75, 3.05) is 26.4 Å². The minimum Gasteiger partial charge on any atom is -0.454 e. The first-order chi connectivity index (χ1) is 15.3. The van der Waals surface area contributed by atoms with Crippen molar-refractivity contribution in [1.82, 2.24) is 20.0 Å². The Morgan fingerprint density at radius 1 is 1.03 bits per heavy atom. The van der Waals surface area contributed by atoms with E-state index < -0.39 is 0 Å². The van der Waals surface area contributed by atoms with Crippen LogP contribution in [0.3, 0.4) is 0 Å². The number of carbonyl (C=O) groups is 1. The van der Waals surface area contributed by atoms with E-state index in [0.29, 0.717) is 13.0 Å². The number of piperidine rings is 1. The molecule has 31 heavy (non-hydrogen) atoms. The highest BCUT2D eigenvalue weighted by Crippen LogP contribution is 2.36. The summed E-state index contributed by atoms with van der Waals surface area (Å²) >= 11 is 0. The molecule has 0 bridgehead atoms. The summed E-state index contributed by atoms with van der Waals surface area (Å²) in [6.07, 6.45) is 4.86. The molecule has 3 heterocycles. The molecular formula is C24H26N4O3. The topological polar surface area (TPSA) is 68.6 Å². The zero-order valence-electron chi connectivity index (χ0n) is 17.4. The van der Waals surface area contributed by atoms with Crippen LogP contribution in [0.4, 0.5) is 0 Å². The maximum Gasteiger partial charge on any atom is 0.231 e. The highest BCUT2D eigenvalue weighted by molar-refractivity contribution is 5.76. The van der Waals surface area contributed by atoms with E-state index in [2.05, 4.69) is 11.5 Å². The zero-order valence-corrected chi connectivity index (χ0v) is 17.4. The highest BCUT2D eigenvalue weighted by atomic mass is 16.7. The number of benzene rings is 2. The largest absolute Gasteiger partial charge is 0.454 e. The van der Waals surface area contributed by atoms with Crippen molar-refractivity contribution in [3.8, 4) is 28.4 Å². The monoisotopic (exact) mass is 418 g/mol. The minimum atomic E-state index is 0.251. The normalized spacial score (nSPS) is 15.5. The highest BCUT2D eigenvalue weighted by Gasteiger charge is 2.19. The first kappa shape index (κ1) is 19.6. The van der Waals surface area contributed by atoms with Crippen molar-refractivity contribution in [3.05, 3.63) is 60.3 Å². The number of nitrogens with zero attached hydrogens (tertiary/aromatic N) is 3. The molecule has 3 aromatic rings. The summed E-state index contributed by atoms with van der Waals surface area (Å²) in [5.41, 5.74) is 3.99. The number of likely N-dealkylation sites (tertiary alicyclic amines) is 1. The lowest BCUT2D eigenvalue weighted by Crippen LogP contribution is -2.39. The number of hydrogen-bond acceptors (Lipinski definition) is 5. The molecule has 2 aliphatic rings. The summed E-state index contributed by atoms with van der Waals surface area (Å²) in [4.78, 5) is 14.0. The molecule has 7 nitrogen and oxygen atoms in total. The van der Waals surface area contributed by atoms with Crippen LogP contribution in [-0.2, 0) is 11.3 Å². The van der Waals surface area contributed by atoms with Crippen LogP contribution in [-0.4, -0.2) is 47.0 Å². The van der Waals surface area contributed by atoms with Crippen molar-refractivity contribution in [1.29, 1.82) is 0 Å². The van der Waals surface area contributed by atoms with Crippen LogP contribution in [0.2, 0.25) is 0 Å². The SMILES string of the molecule is O=C1CCCCN1CCNCc1cn(-c2ccccc2)nc1-c1ccc2c(c1)OCO2. The minimum absolute atomic E-state index is 0.251. The van der Waals surface area contributed by atoms with E-state index >= 15 is 0 Å². The van der Waals surface area contributed by atoms with Crippen molar-refractivity contribution in [2.45, 2.75) is 25.8 Å². The van der Waals surface area contributed by atoms with Gasteiger partial charge in [-0.15, -0.1) is 0 Å². The van der Waals surface area contributed by atoms with Crippen molar-refractivity contribution in [3.63, 3.8) is 0 Å². The standard InChI is InChI=1S/C24H26N4O3/c29-23-8-4-5-12-27(23)13-11-25-15-19-16-28(20-6-2-1-3-7-20)26-24(19)18-9-10-21-22(14-18)31-17-30-21/h1-3,6-7,9-10,14,16,25H,4-5,8,11-13,15,17H2. The fourth-order valence-corrected chi connectivity index (χ4v) is 4.07. The van der Waals surface area contributed by atoms with Crippen molar-refractivity contribution in [2.24, 2.45) is 0 Å². The number of carbonyl (C=O) groups excluding carboxylic acids is 1. The lowest BCUT2D eigenvalue weighted by molar-refractivity contribution is -0.133. The van der Waals surface area contributed by atoms with Gasteiger partial charge in [0.15, 0.2) is 11.5 Å². The predicted molar refractivity (Wildman–Crippen MR) is 117 cm³/mol. The van der Waals surface area contributed by atoms with Crippen LogP contribution in [0.15, 0.2) is 54.7 Å². The Morgan fingerprint density at radius 3 is 2.77 bits per heavy atom. The van der Waals surface area contributed by atoms with Gasteiger partial charge in [-0.2, -0.15) is 5.10 Å². The molecule has 0 unspecified atom stereocenters. The molecule has 2 aromatic carbocycles. The number of nitrogens with one attached hydrogen (secondary N) is 1. The Balaban J connectivity index is 1.35. The fraction of sp³-hybridized carbons (Fsp3) is 0.333. The van der Waals surface area contributed by atoms with Gasteiger partial charge in [0.1, 0.15) is 0 Å².